The molecule has 118 valence electrons. The lowest BCUT2D eigenvalue weighted by Crippen LogP contribution is -2.61. The molecule has 1 aliphatic heterocycles. The van der Waals surface area contributed by atoms with Crippen LogP contribution in [0.2, 0.25) is 0 Å². The topological polar surface area (TPSA) is 24.5 Å². The van der Waals surface area contributed by atoms with Gasteiger partial charge in [0.2, 0.25) is 0 Å². The van der Waals surface area contributed by atoms with Gasteiger partial charge in [0.15, 0.2) is 0 Å². The molecule has 0 aromatic rings. The lowest BCUT2D eigenvalue weighted by Gasteiger charge is -2.48. The summed E-state index contributed by atoms with van der Waals surface area (Å²) in [5.74, 6) is 0.829. The Hall–Kier alpha value is -0.120. The molecule has 1 heterocycles. The second kappa shape index (κ2) is 7.77. The molecular formula is C17H34N2O. The Morgan fingerprint density at radius 1 is 1.10 bits per heavy atom. The number of likely N-dealkylation sites (N-methyl/N-ethyl adjacent to an activating group) is 1. The smallest absolute Gasteiger partial charge is 0.0594 e. The highest BCUT2D eigenvalue weighted by molar-refractivity contribution is 5.03. The van der Waals surface area contributed by atoms with Crippen molar-refractivity contribution in [3.05, 3.63) is 0 Å². The molecule has 0 amide bonds. The molecule has 0 bridgehead atoms. The second-order valence-corrected chi connectivity index (χ2v) is 7.08. The maximum Gasteiger partial charge on any atom is 0.0594 e. The molecule has 0 aromatic heterocycles. The molecule has 3 heteroatoms. The van der Waals surface area contributed by atoms with Gasteiger partial charge in [-0.25, -0.2) is 0 Å². The van der Waals surface area contributed by atoms with Crippen LogP contribution in [-0.2, 0) is 4.74 Å². The SMILES string of the molecule is CNC(CCCC(C)C)C1(N2CCOCC2)CCCC1. The maximum absolute atomic E-state index is 5.57. The average molecular weight is 282 g/mol. The van der Waals surface area contributed by atoms with Gasteiger partial charge >= 0.3 is 0 Å². The van der Waals surface area contributed by atoms with E-state index in [1.165, 1.54) is 44.9 Å². The van der Waals surface area contributed by atoms with E-state index in [0.717, 1.165) is 32.2 Å². The van der Waals surface area contributed by atoms with Crippen molar-refractivity contribution in [2.75, 3.05) is 33.4 Å². The molecule has 2 rings (SSSR count). The van der Waals surface area contributed by atoms with Gasteiger partial charge in [-0.15, -0.1) is 0 Å². The Morgan fingerprint density at radius 2 is 1.75 bits per heavy atom. The van der Waals surface area contributed by atoms with Crippen LogP contribution in [0.3, 0.4) is 0 Å². The number of morpholine rings is 1. The summed E-state index contributed by atoms with van der Waals surface area (Å²) in [6.45, 7) is 8.77. The summed E-state index contributed by atoms with van der Waals surface area (Å²) >= 11 is 0. The summed E-state index contributed by atoms with van der Waals surface area (Å²) in [4.78, 5) is 2.75. The molecular weight excluding hydrogens is 248 g/mol. The molecule has 0 radical (unpaired) electrons. The van der Waals surface area contributed by atoms with Gasteiger partial charge in [0.25, 0.3) is 0 Å². The predicted molar refractivity (Wildman–Crippen MR) is 85.1 cm³/mol. The molecule has 1 saturated carbocycles. The Bertz CT molecular complexity index is 268. The fraction of sp³-hybridized carbons (Fsp3) is 1.00. The van der Waals surface area contributed by atoms with Gasteiger partial charge in [0.05, 0.1) is 13.2 Å². The third-order valence-electron chi connectivity index (χ3n) is 5.38. The molecule has 1 saturated heterocycles. The summed E-state index contributed by atoms with van der Waals surface area (Å²) in [5, 5.41) is 3.67. The lowest BCUT2D eigenvalue weighted by molar-refractivity contribution is -0.0362. The fourth-order valence-electron chi connectivity index (χ4n) is 4.29. The molecule has 2 aliphatic rings. The lowest BCUT2D eigenvalue weighted by atomic mass is 9.82. The molecule has 0 aromatic carbocycles. The molecule has 20 heavy (non-hydrogen) atoms. The van der Waals surface area contributed by atoms with Gasteiger partial charge in [-0.3, -0.25) is 4.90 Å². The van der Waals surface area contributed by atoms with E-state index in [4.69, 9.17) is 4.74 Å². The van der Waals surface area contributed by atoms with E-state index >= 15 is 0 Å². The third kappa shape index (κ3) is 3.75. The van der Waals surface area contributed by atoms with Crippen LogP contribution in [0.1, 0.15) is 58.8 Å². The molecule has 1 unspecified atom stereocenters. The third-order valence-corrected chi connectivity index (χ3v) is 5.38. The first-order valence-corrected chi connectivity index (χ1v) is 8.69. The zero-order chi connectivity index (χ0) is 14.4. The summed E-state index contributed by atoms with van der Waals surface area (Å²) in [6.07, 6.45) is 9.60. The van der Waals surface area contributed by atoms with Gasteiger partial charge in [-0.2, -0.15) is 0 Å². The van der Waals surface area contributed by atoms with Crippen LogP contribution in [-0.4, -0.2) is 49.8 Å². The summed E-state index contributed by atoms with van der Waals surface area (Å²) < 4.78 is 5.57. The number of nitrogens with one attached hydrogen (secondary N) is 1. The van der Waals surface area contributed by atoms with Gasteiger partial charge in [-0.1, -0.05) is 39.5 Å². The Morgan fingerprint density at radius 3 is 2.30 bits per heavy atom. The highest BCUT2D eigenvalue weighted by atomic mass is 16.5. The van der Waals surface area contributed by atoms with Crippen molar-refractivity contribution < 1.29 is 4.74 Å². The van der Waals surface area contributed by atoms with E-state index < -0.39 is 0 Å². The monoisotopic (exact) mass is 282 g/mol. The number of hydrogen-bond acceptors (Lipinski definition) is 3. The molecule has 0 spiro atoms. The summed E-state index contributed by atoms with van der Waals surface area (Å²) in [7, 11) is 2.17. The first-order valence-electron chi connectivity index (χ1n) is 8.69. The van der Waals surface area contributed by atoms with Crippen molar-refractivity contribution in [2.45, 2.75) is 70.4 Å². The Kier molecular flexibility index (Phi) is 6.31. The van der Waals surface area contributed by atoms with Gasteiger partial charge < -0.3 is 10.1 Å². The first-order chi connectivity index (χ1) is 9.69. The van der Waals surface area contributed by atoms with E-state index in [-0.39, 0.29) is 0 Å². The van der Waals surface area contributed by atoms with Gasteiger partial charge in [0, 0.05) is 24.7 Å². The van der Waals surface area contributed by atoms with E-state index in [0.29, 0.717) is 11.6 Å². The van der Waals surface area contributed by atoms with Crippen LogP contribution in [0.15, 0.2) is 0 Å². The zero-order valence-electron chi connectivity index (χ0n) is 13.8. The van der Waals surface area contributed by atoms with Crippen molar-refractivity contribution in [1.82, 2.24) is 10.2 Å². The normalized spacial score (nSPS) is 25.2. The minimum Gasteiger partial charge on any atom is -0.379 e. The molecule has 3 nitrogen and oxygen atoms in total. The van der Waals surface area contributed by atoms with Crippen LogP contribution in [0.25, 0.3) is 0 Å². The minimum absolute atomic E-state index is 0.412. The largest absolute Gasteiger partial charge is 0.379 e. The molecule has 2 fully saturated rings. The Balaban J connectivity index is 2.00. The molecule has 1 N–H and O–H groups in total. The number of rotatable bonds is 7. The van der Waals surface area contributed by atoms with E-state index in [2.05, 4.69) is 31.1 Å². The molecule has 1 aliphatic carbocycles. The van der Waals surface area contributed by atoms with E-state index in [1.807, 2.05) is 0 Å². The van der Waals surface area contributed by atoms with Gasteiger partial charge in [0.1, 0.15) is 0 Å². The second-order valence-electron chi connectivity index (χ2n) is 7.08. The quantitative estimate of drug-likeness (QED) is 0.777. The zero-order valence-corrected chi connectivity index (χ0v) is 13.8. The van der Waals surface area contributed by atoms with Crippen molar-refractivity contribution in [2.24, 2.45) is 5.92 Å². The minimum atomic E-state index is 0.412. The standard InChI is InChI=1S/C17H34N2O/c1-15(2)7-6-8-16(18-3)17(9-4-5-10-17)19-11-13-20-14-12-19/h15-16,18H,4-14H2,1-3H3. The highest BCUT2D eigenvalue weighted by Crippen LogP contribution is 2.40. The van der Waals surface area contributed by atoms with Crippen molar-refractivity contribution in [3.8, 4) is 0 Å². The summed E-state index contributed by atoms with van der Waals surface area (Å²) in [5.41, 5.74) is 0.412. The van der Waals surface area contributed by atoms with Crippen LogP contribution in [0.4, 0.5) is 0 Å². The van der Waals surface area contributed by atoms with Crippen molar-refractivity contribution in [3.63, 3.8) is 0 Å². The Labute approximate surface area is 125 Å². The first kappa shape index (κ1) is 16.3. The van der Waals surface area contributed by atoms with Crippen LogP contribution < -0.4 is 5.32 Å². The average Bonchev–Trinajstić information content (AvgIpc) is 2.95. The predicted octanol–water partition coefficient (Wildman–Crippen LogP) is 3.05. The number of ether oxygens (including phenoxy) is 1. The number of nitrogens with zero attached hydrogens (tertiary/aromatic N) is 1. The fourth-order valence-corrected chi connectivity index (χ4v) is 4.29. The van der Waals surface area contributed by atoms with Crippen LogP contribution >= 0.6 is 0 Å². The van der Waals surface area contributed by atoms with Crippen molar-refractivity contribution >= 4 is 0 Å². The maximum atomic E-state index is 5.57. The van der Waals surface area contributed by atoms with Crippen LogP contribution in [0.5, 0.6) is 0 Å². The van der Waals surface area contributed by atoms with E-state index in [1.54, 1.807) is 0 Å². The van der Waals surface area contributed by atoms with E-state index in [9.17, 15) is 0 Å². The highest BCUT2D eigenvalue weighted by Gasteiger charge is 2.45. The van der Waals surface area contributed by atoms with Crippen molar-refractivity contribution in [1.29, 1.82) is 0 Å². The number of hydrogen-bond donors (Lipinski definition) is 1. The van der Waals surface area contributed by atoms with Crippen LogP contribution in [0, 0.1) is 5.92 Å². The molecule has 1 atom stereocenters. The summed E-state index contributed by atoms with van der Waals surface area (Å²) in [6, 6.07) is 0.654. The van der Waals surface area contributed by atoms with Gasteiger partial charge in [-0.05, 0) is 32.2 Å².